The number of halogens is 1. The second-order valence-corrected chi connectivity index (χ2v) is 5.87. The van der Waals surface area contributed by atoms with Crippen molar-refractivity contribution >= 4 is 22.9 Å². The fraction of sp³-hybridized carbons (Fsp3) is 0.692. The van der Waals surface area contributed by atoms with Crippen molar-refractivity contribution in [3.05, 3.63) is 21.3 Å². The van der Waals surface area contributed by atoms with Gasteiger partial charge < -0.3 is 14.4 Å². The molecule has 1 aromatic rings. The van der Waals surface area contributed by atoms with Crippen LogP contribution in [-0.4, -0.2) is 38.0 Å². The molecule has 1 rings (SSSR count). The van der Waals surface area contributed by atoms with E-state index in [1.165, 1.54) is 4.88 Å². The average molecular weight is 292 g/mol. The summed E-state index contributed by atoms with van der Waals surface area (Å²) in [5.74, 6) is 0. The smallest absolute Gasteiger partial charge is 0.158 e. The first-order valence-corrected chi connectivity index (χ1v) is 7.51. The first kappa shape index (κ1) is 15.9. The molecule has 0 N–H and O–H groups in total. The summed E-state index contributed by atoms with van der Waals surface area (Å²) in [4.78, 5) is 3.54. The highest BCUT2D eigenvalue weighted by atomic mass is 35.5. The van der Waals surface area contributed by atoms with Gasteiger partial charge in [-0.25, -0.2) is 0 Å². The van der Waals surface area contributed by atoms with Gasteiger partial charge in [-0.15, -0.1) is 11.3 Å². The minimum absolute atomic E-state index is 0.0885. The summed E-state index contributed by atoms with van der Waals surface area (Å²) in [7, 11) is 2.10. The molecule has 3 nitrogen and oxygen atoms in total. The quantitative estimate of drug-likeness (QED) is 0.649. The maximum atomic E-state index is 5.91. The van der Waals surface area contributed by atoms with Crippen LogP contribution in [0.2, 0.25) is 4.34 Å². The monoisotopic (exact) mass is 291 g/mol. The van der Waals surface area contributed by atoms with Gasteiger partial charge in [-0.1, -0.05) is 11.6 Å². The van der Waals surface area contributed by atoms with E-state index >= 15 is 0 Å². The first-order chi connectivity index (χ1) is 8.65. The van der Waals surface area contributed by atoms with E-state index in [-0.39, 0.29) is 6.29 Å². The van der Waals surface area contributed by atoms with Gasteiger partial charge in [-0.05, 0) is 33.0 Å². The Hall–Kier alpha value is -0.130. The molecule has 0 bridgehead atoms. The SMILES string of the molecule is CCOC(CCN(C)Cc1ccc(Cl)s1)OCC. The molecule has 0 saturated carbocycles. The standard InChI is InChI=1S/C13H22ClNO2S/c1-4-16-13(17-5-2)8-9-15(3)10-11-6-7-12(14)18-11/h6-7,13H,4-5,8-10H2,1-3H3. The Bertz CT molecular complexity index is 327. The lowest BCUT2D eigenvalue weighted by atomic mass is 10.3. The van der Waals surface area contributed by atoms with Crippen molar-refractivity contribution in [2.75, 3.05) is 26.8 Å². The molecule has 0 aromatic carbocycles. The predicted octanol–water partition coefficient (Wildman–Crippen LogP) is 3.62. The molecular weight excluding hydrogens is 270 g/mol. The summed E-state index contributed by atoms with van der Waals surface area (Å²) in [6.07, 6.45) is 0.798. The third-order valence-corrected chi connectivity index (χ3v) is 3.72. The number of thiophene rings is 1. The molecule has 0 radical (unpaired) electrons. The summed E-state index contributed by atoms with van der Waals surface area (Å²) >= 11 is 7.55. The maximum absolute atomic E-state index is 5.91. The number of hydrogen-bond donors (Lipinski definition) is 0. The fourth-order valence-corrected chi connectivity index (χ4v) is 2.86. The van der Waals surface area contributed by atoms with Crippen molar-refractivity contribution in [1.82, 2.24) is 4.90 Å². The van der Waals surface area contributed by atoms with Crippen LogP contribution in [0.3, 0.4) is 0 Å². The van der Waals surface area contributed by atoms with E-state index < -0.39 is 0 Å². The number of nitrogens with zero attached hydrogens (tertiary/aromatic N) is 1. The number of hydrogen-bond acceptors (Lipinski definition) is 4. The minimum Gasteiger partial charge on any atom is -0.353 e. The highest BCUT2D eigenvalue weighted by Crippen LogP contribution is 2.22. The van der Waals surface area contributed by atoms with Gasteiger partial charge >= 0.3 is 0 Å². The molecule has 0 spiro atoms. The Morgan fingerprint density at radius 3 is 2.44 bits per heavy atom. The van der Waals surface area contributed by atoms with Crippen LogP contribution in [0.25, 0.3) is 0 Å². The lowest BCUT2D eigenvalue weighted by molar-refractivity contribution is -0.141. The summed E-state index contributed by atoms with van der Waals surface area (Å²) in [5.41, 5.74) is 0. The van der Waals surface area contributed by atoms with Gasteiger partial charge in [0.2, 0.25) is 0 Å². The summed E-state index contributed by atoms with van der Waals surface area (Å²) in [6.45, 7) is 7.22. The molecule has 0 amide bonds. The molecule has 0 aliphatic heterocycles. The molecule has 0 unspecified atom stereocenters. The van der Waals surface area contributed by atoms with Crippen molar-refractivity contribution < 1.29 is 9.47 Å². The van der Waals surface area contributed by atoms with E-state index in [1.807, 2.05) is 19.9 Å². The Balaban J connectivity index is 2.28. The third kappa shape index (κ3) is 6.16. The molecule has 0 saturated heterocycles. The van der Waals surface area contributed by atoms with Crippen molar-refractivity contribution in [2.24, 2.45) is 0 Å². The molecule has 0 aliphatic carbocycles. The number of ether oxygens (including phenoxy) is 2. The zero-order valence-electron chi connectivity index (χ0n) is 11.3. The van der Waals surface area contributed by atoms with Gasteiger partial charge in [0.1, 0.15) is 0 Å². The molecule has 0 atom stereocenters. The van der Waals surface area contributed by atoms with Crippen LogP contribution < -0.4 is 0 Å². The van der Waals surface area contributed by atoms with Gasteiger partial charge in [0.25, 0.3) is 0 Å². The molecule has 1 heterocycles. The topological polar surface area (TPSA) is 21.7 Å². The van der Waals surface area contributed by atoms with Crippen LogP contribution in [0.1, 0.15) is 25.1 Å². The lowest BCUT2D eigenvalue weighted by Gasteiger charge is -2.21. The van der Waals surface area contributed by atoms with Crippen molar-refractivity contribution in [1.29, 1.82) is 0 Å². The predicted molar refractivity (Wildman–Crippen MR) is 77.3 cm³/mol. The summed E-state index contributed by atoms with van der Waals surface area (Å²) in [6, 6.07) is 4.02. The molecule has 0 aliphatic rings. The van der Waals surface area contributed by atoms with E-state index in [0.29, 0.717) is 13.2 Å². The normalized spacial score (nSPS) is 11.7. The summed E-state index contributed by atoms with van der Waals surface area (Å²) < 4.78 is 11.9. The molecular formula is C13H22ClNO2S. The Kier molecular flexibility index (Phi) is 7.86. The van der Waals surface area contributed by atoms with Gasteiger partial charge in [-0.3, -0.25) is 0 Å². The second-order valence-electron chi connectivity index (χ2n) is 4.07. The third-order valence-electron chi connectivity index (χ3n) is 2.51. The van der Waals surface area contributed by atoms with Gasteiger partial charge in [-0.2, -0.15) is 0 Å². The molecule has 0 fully saturated rings. The van der Waals surface area contributed by atoms with Crippen LogP contribution in [-0.2, 0) is 16.0 Å². The molecule has 104 valence electrons. The van der Waals surface area contributed by atoms with Crippen LogP contribution in [0.5, 0.6) is 0 Å². The summed E-state index contributed by atoms with van der Waals surface area (Å²) in [5, 5.41) is 0. The maximum Gasteiger partial charge on any atom is 0.158 e. The zero-order chi connectivity index (χ0) is 13.4. The average Bonchev–Trinajstić information content (AvgIpc) is 2.72. The second kappa shape index (κ2) is 8.88. The Morgan fingerprint density at radius 2 is 1.94 bits per heavy atom. The van der Waals surface area contributed by atoms with E-state index in [1.54, 1.807) is 11.3 Å². The van der Waals surface area contributed by atoms with Crippen LogP contribution in [0.15, 0.2) is 12.1 Å². The first-order valence-electron chi connectivity index (χ1n) is 6.31. The zero-order valence-corrected chi connectivity index (χ0v) is 12.9. The number of rotatable bonds is 9. The largest absolute Gasteiger partial charge is 0.353 e. The van der Waals surface area contributed by atoms with Crippen LogP contribution in [0.4, 0.5) is 0 Å². The van der Waals surface area contributed by atoms with Gasteiger partial charge in [0.05, 0.1) is 4.34 Å². The highest BCUT2D eigenvalue weighted by Gasteiger charge is 2.10. The Morgan fingerprint density at radius 1 is 1.28 bits per heavy atom. The van der Waals surface area contributed by atoms with Gasteiger partial charge in [0, 0.05) is 37.6 Å². The van der Waals surface area contributed by atoms with Crippen molar-refractivity contribution in [3.63, 3.8) is 0 Å². The van der Waals surface area contributed by atoms with Crippen molar-refractivity contribution in [3.8, 4) is 0 Å². The van der Waals surface area contributed by atoms with Crippen LogP contribution in [0, 0.1) is 0 Å². The lowest BCUT2D eigenvalue weighted by Crippen LogP contribution is -2.26. The minimum atomic E-state index is -0.0885. The molecule has 5 heteroatoms. The molecule has 1 aromatic heterocycles. The molecule has 18 heavy (non-hydrogen) atoms. The Labute approximate surface area is 119 Å². The van der Waals surface area contributed by atoms with Crippen LogP contribution >= 0.6 is 22.9 Å². The van der Waals surface area contributed by atoms with E-state index in [0.717, 1.165) is 23.8 Å². The van der Waals surface area contributed by atoms with Gasteiger partial charge in [0.15, 0.2) is 6.29 Å². The van der Waals surface area contributed by atoms with E-state index in [4.69, 9.17) is 21.1 Å². The van der Waals surface area contributed by atoms with Crippen molar-refractivity contribution in [2.45, 2.75) is 33.1 Å². The fourth-order valence-electron chi connectivity index (χ4n) is 1.69. The van der Waals surface area contributed by atoms with E-state index in [2.05, 4.69) is 18.0 Å². The van der Waals surface area contributed by atoms with E-state index in [9.17, 15) is 0 Å². The highest BCUT2D eigenvalue weighted by molar-refractivity contribution is 7.16.